The van der Waals surface area contributed by atoms with Gasteiger partial charge in [-0.25, -0.2) is 4.98 Å². The Morgan fingerprint density at radius 1 is 1.47 bits per heavy atom. The highest BCUT2D eigenvalue weighted by Gasteiger charge is 2.09. The van der Waals surface area contributed by atoms with Crippen molar-refractivity contribution in [2.24, 2.45) is 5.92 Å². The fraction of sp³-hybridized carbons (Fsp3) is 0.636. The third-order valence-electron chi connectivity index (χ3n) is 2.09. The molecule has 1 aromatic heterocycles. The number of aromatic nitrogens is 2. The smallest absolute Gasteiger partial charge is 0.254 e. The number of aryl methyl sites for hydroxylation is 1. The molecule has 0 amide bonds. The predicted octanol–water partition coefficient (Wildman–Crippen LogP) is 2.39. The van der Waals surface area contributed by atoms with Crippen LogP contribution in [-0.4, -0.2) is 15.7 Å². The molecule has 4 heteroatoms. The number of rotatable bonds is 4. The molecule has 3 nitrogen and oxygen atoms in total. The van der Waals surface area contributed by atoms with E-state index in [1.54, 1.807) is 11.8 Å². The van der Waals surface area contributed by atoms with Crippen LogP contribution >= 0.6 is 11.8 Å². The minimum absolute atomic E-state index is 0.0205. The first kappa shape index (κ1) is 12.3. The Hall–Kier alpha value is -0.770. The standard InChI is InChI=1S/C11H18N2OS/c1-5-15-11-12-8(4)9(6-7(2)3)10(14)13-11/h7H,5-6H2,1-4H3,(H,12,13,14). The summed E-state index contributed by atoms with van der Waals surface area (Å²) in [5, 5.41) is 0.729. The molecule has 0 aliphatic carbocycles. The van der Waals surface area contributed by atoms with Gasteiger partial charge in [-0.05, 0) is 25.0 Å². The van der Waals surface area contributed by atoms with Gasteiger partial charge in [0.1, 0.15) is 0 Å². The summed E-state index contributed by atoms with van der Waals surface area (Å²) in [7, 11) is 0. The molecule has 0 fully saturated rings. The molecule has 84 valence electrons. The summed E-state index contributed by atoms with van der Waals surface area (Å²) in [5.74, 6) is 1.41. The van der Waals surface area contributed by atoms with E-state index in [4.69, 9.17) is 0 Å². The summed E-state index contributed by atoms with van der Waals surface area (Å²) in [6.45, 7) is 8.16. The van der Waals surface area contributed by atoms with E-state index in [0.29, 0.717) is 5.92 Å². The lowest BCUT2D eigenvalue weighted by Crippen LogP contribution is -2.18. The van der Waals surface area contributed by atoms with Crippen molar-refractivity contribution in [1.29, 1.82) is 0 Å². The maximum absolute atomic E-state index is 11.8. The molecule has 15 heavy (non-hydrogen) atoms. The van der Waals surface area contributed by atoms with E-state index in [2.05, 4.69) is 23.8 Å². The monoisotopic (exact) mass is 226 g/mol. The van der Waals surface area contributed by atoms with Gasteiger partial charge in [0.25, 0.3) is 5.56 Å². The molecule has 0 aromatic carbocycles. The van der Waals surface area contributed by atoms with Crippen molar-refractivity contribution in [3.05, 3.63) is 21.6 Å². The maximum Gasteiger partial charge on any atom is 0.254 e. The van der Waals surface area contributed by atoms with E-state index < -0.39 is 0 Å². The average Bonchev–Trinajstić information content (AvgIpc) is 2.11. The number of nitrogens with one attached hydrogen (secondary N) is 1. The van der Waals surface area contributed by atoms with Gasteiger partial charge in [0.05, 0.1) is 0 Å². The van der Waals surface area contributed by atoms with E-state index in [0.717, 1.165) is 28.6 Å². The van der Waals surface area contributed by atoms with Crippen molar-refractivity contribution >= 4 is 11.8 Å². The molecule has 0 atom stereocenters. The number of aromatic amines is 1. The SMILES string of the molecule is CCSc1nc(C)c(CC(C)C)c(=O)[nH]1. The van der Waals surface area contributed by atoms with E-state index >= 15 is 0 Å². The minimum atomic E-state index is 0.0205. The first-order valence-electron chi connectivity index (χ1n) is 5.27. The zero-order valence-electron chi connectivity index (χ0n) is 9.76. The van der Waals surface area contributed by atoms with Crippen LogP contribution in [0.5, 0.6) is 0 Å². The fourth-order valence-electron chi connectivity index (χ4n) is 1.44. The second-order valence-corrected chi connectivity index (χ2v) is 5.22. The minimum Gasteiger partial charge on any atom is -0.301 e. The first-order chi connectivity index (χ1) is 7.04. The average molecular weight is 226 g/mol. The van der Waals surface area contributed by atoms with Crippen LogP contribution in [0.25, 0.3) is 0 Å². The summed E-state index contributed by atoms with van der Waals surface area (Å²) < 4.78 is 0. The highest BCUT2D eigenvalue weighted by atomic mass is 32.2. The van der Waals surface area contributed by atoms with Crippen LogP contribution < -0.4 is 5.56 Å². The lowest BCUT2D eigenvalue weighted by Gasteiger charge is -2.08. The second kappa shape index (κ2) is 5.35. The van der Waals surface area contributed by atoms with Crippen LogP contribution in [0.1, 0.15) is 32.0 Å². The van der Waals surface area contributed by atoms with Gasteiger partial charge in [0.2, 0.25) is 0 Å². The van der Waals surface area contributed by atoms with Crippen LogP contribution in [0.4, 0.5) is 0 Å². The van der Waals surface area contributed by atoms with Crippen molar-refractivity contribution < 1.29 is 0 Å². The van der Waals surface area contributed by atoms with E-state index in [-0.39, 0.29) is 5.56 Å². The molecule has 1 heterocycles. The topological polar surface area (TPSA) is 45.8 Å². The van der Waals surface area contributed by atoms with Gasteiger partial charge in [-0.2, -0.15) is 0 Å². The molecule has 0 unspecified atom stereocenters. The number of hydrogen-bond acceptors (Lipinski definition) is 3. The molecule has 0 aliphatic rings. The van der Waals surface area contributed by atoms with Crippen molar-refractivity contribution in [1.82, 2.24) is 9.97 Å². The van der Waals surface area contributed by atoms with Crippen LogP contribution in [0, 0.1) is 12.8 Å². The lowest BCUT2D eigenvalue weighted by molar-refractivity contribution is 0.632. The van der Waals surface area contributed by atoms with Crippen LogP contribution in [0.15, 0.2) is 9.95 Å². The van der Waals surface area contributed by atoms with Gasteiger partial charge in [-0.3, -0.25) is 4.79 Å². The highest BCUT2D eigenvalue weighted by molar-refractivity contribution is 7.99. The number of nitrogens with zero attached hydrogens (tertiary/aromatic N) is 1. The van der Waals surface area contributed by atoms with E-state index in [9.17, 15) is 4.79 Å². The Morgan fingerprint density at radius 2 is 2.13 bits per heavy atom. The number of thioether (sulfide) groups is 1. The van der Waals surface area contributed by atoms with Crippen molar-refractivity contribution in [2.75, 3.05) is 5.75 Å². The van der Waals surface area contributed by atoms with Gasteiger partial charge in [0, 0.05) is 11.3 Å². The van der Waals surface area contributed by atoms with Gasteiger partial charge in [-0.15, -0.1) is 0 Å². The summed E-state index contributed by atoms with van der Waals surface area (Å²) in [5.41, 5.74) is 1.71. The summed E-state index contributed by atoms with van der Waals surface area (Å²) in [6.07, 6.45) is 0.797. The molecule has 0 aliphatic heterocycles. The molecule has 0 spiro atoms. The van der Waals surface area contributed by atoms with Crippen LogP contribution in [-0.2, 0) is 6.42 Å². The Bertz CT molecular complexity index is 385. The maximum atomic E-state index is 11.8. The Labute approximate surface area is 94.7 Å². The normalized spacial score (nSPS) is 11.0. The Balaban J connectivity index is 3.04. The third-order valence-corrected chi connectivity index (χ3v) is 2.85. The Morgan fingerprint density at radius 3 is 2.60 bits per heavy atom. The molecule has 0 bridgehead atoms. The summed E-state index contributed by atoms with van der Waals surface area (Å²) >= 11 is 1.56. The second-order valence-electron chi connectivity index (χ2n) is 3.97. The third kappa shape index (κ3) is 3.38. The van der Waals surface area contributed by atoms with E-state index in [1.807, 2.05) is 13.8 Å². The molecular formula is C11H18N2OS. The lowest BCUT2D eigenvalue weighted by atomic mass is 10.0. The Kier molecular flexibility index (Phi) is 4.39. The largest absolute Gasteiger partial charge is 0.301 e. The molecule has 0 saturated heterocycles. The zero-order valence-corrected chi connectivity index (χ0v) is 10.6. The number of H-pyrrole nitrogens is 1. The molecule has 1 N–H and O–H groups in total. The van der Waals surface area contributed by atoms with Crippen molar-refractivity contribution in [3.63, 3.8) is 0 Å². The molecule has 0 radical (unpaired) electrons. The molecule has 1 aromatic rings. The van der Waals surface area contributed by atoms with Gasteiger partial charge in [0.15, 0.2) is 5.16 Å². The summed E-state index contributed by atoms with van der Waals surface area (Å²) in [6, 6.07) is 0. The first-order valence-corrected chi connectivity index (χ1v) is 6.25. The molecule has 1 rings (SSSR count). The quantitative estimate of drug-likeness (QED) is 0.633. The molecule has 0 saturated carbocycles. The predicted molar refractivity (Wildman–Crippen MR) is 64.5 cm³/mol. The van der Waals surface area contributed by atoms with Gasteiger partial charge < -0.3 is 4.98 Å². The highest BCUT2D eigenvalue weighted by Crippen LogP contribution is 2.13. The fourth-order valence-corrected chi connectivity index (χ4v) is 2.08. The number of hydrogen-bond donors (Lipinski definition) is 1. The van der Waals surface area contributed by atoms with Gasteiger partial charge in [-0.1, -0.05) is 32.5 Å². The van der Waals surface area contributed by atoms with Crippen molar-refractivity contribution in [3.8, 4) is 0 Å². The van der Waals surface area contributed by atoms with Crippen LogP contribution in [0.3, 0.4) is 0 Å². The molecular weight excluding hydrogens is 208 g/mol. The van der Waals surface area contributed by atoms with Crippen molar-refractivity contribution in [2.45, 2.75) is 39.3 Å². The summed E-state index contributed by atoms with van der Waals surface area (Å²) in [4.78, 5) is 19.0. The van der Waals surface area contributed by atoms with E-state index in [1.165, 1.54) is 0 Å². The van der Waals surface area contributed by atoms with Crippen LogP contribution in [0.2, 0.25) is 0 Å². The van der Waals surface area contributed by atoms with Gasteiger partial charge >= 0.3 is 0 Å². The zero-order chi connectivity index (χ0) is 11.4.